The highest BCUT2D eigenvalue weighted by molar-refractivity contribution is 7.87. The Labute approximate surface area is 441 Å². The number of nitrogens with zero attached hydrogens (tertiary/aromatic N) is 2. The number of hydrogen-bond acceptors (Lipinski definition) is 17. The molecule has 0 aliphatic carbocycles. The van der Waals surface area contributed by atoms with Crippen LogP contribution in [0.15, 0.2) is 99.3 Å². The molecule has 2 heterocycles. The van der Waals surface area contributed by atoms with E-state index in [4.69, 9.17) is 17.8 Å². The van der Waals surface area contributed by atoms with Crippen molar-refractivity contribution in [2.45, 2.75) is 84.3 Å². The molecule has 0 spiro atoms. The maximum Gasteiger partial charge on any atom is 0.311 e. The molecule has 418 valence electrons. The molecule has 0 saturated heterocycles. The molecule has 3 aromatic carbocycles. The molecule has 2 aliphatic heterocycles. The van der Waals surface area contributed by atoms with Crippen LogP contribution in [0.2, 0.25) is 0 Å². The van der Waals surface area contributed by atoms with E-state index in [-0.39, 0.29) is 35.0 Å². The number of benzene rings is 3. The summed E-state index contributed by atoms with van der Waals surface area (Å²) in [5.74, 6) is -12.4. The van der Waals surface area contributed by atoms with Gasteiger partial charge in [-0.3, -0.25) is 21.5 Å². The summed E-state index contributed by atoms with van der Waals surface area (Å²) in [6.07, 6.45) is 13.8. The van der Waals surface area contributed by atoms with Gasteiger partial charge in [-0.25, -0.2) is 8.78 Å². The first-order valence-electron chi connectivity index (χ1n) is 23.4. The number of hydrogen-bond donors (Lipinski definition) is 0. The number of halogens is 4. The van der Waals surface area contributed by atoms with Gasteiger partial charge in [-0.1, -0.05) is 36.8 Å². The molecule has 2 atom stereocenters. The number of unbranched alkanes of at least 4 members (excludes halogenated alkanes) is 2. The molecule has 5 rings (SSSR count). The van der Waals surface area contributed by atoms with E-state index in [1.807, 2.05) is 35.5 Å². The second-order valence-electron chi connectivity index (χ2n) is 17.7. The predicted octanol–water partition coefficient (Wildman–Crippen LogP) is 7.54. The Morgan fingerprint density at radius 1 is 0.632 bits per heavy atom. The van der Waals surface area contributed by atoms with E-state index in [0.29, 0.717) is 75.0 Å². The summed E-state index contributed by atoms with van der Waals surface area (Å²) >= 11 is 0. The zero-order valence-corrected chi connectivity index (χ0v) is 46.3. The van der Waals surface area contributed by atoms with Crippen LogP contribution >= 0.6 is 0 Å². The summed E-state index contributed by atoms with van der Waals surface area (Å²) in [4.78, 5) is 12.5. The fraction of sp³-hybridized carbons (Fsp3) is 0.440. The lowest BCUT2D eigenvalue weighted by atomic mass is 9.76. The zero-order valence-electron chi connectivity index (χ0n) is 43.1. The summed E-state index contributed by atoms with van der Waals surface area (Å²) in [6, 6.07) is 9.27. The standard InChI is InChI=1S/C50H61F4N2O16S4/c1-49(25-17-31-73(58,59)68-5)36-32-34(74(60,61)69-6)22-24-39(36)56(28-30-67-4)40(49)18-13-10-9-11-14-19-41-50(2,26-29-66-3)37-33-35(75(62,63)70-7)21-23-38(37)55(41)27-16-12-15-20-42(57)72-47-43(51)45(53)48(46(54)44(47)52)76(64,65)71-8/h9-11,13-14,18-19,21-24,32-33H,12,15-17,20,25-31H2,1-8H3/q+1. The normalized spacial score (nSPS) is 18.8. The van der Waals surface area contributed by atoms with Gasteiger partial charge in [0, 0.05) is 68.3 Å². The van der Waals surface area contributed by atoms with Crippen LogP contribution in [0.4, 0.5) is 28.9 Å². The van der Waals surface area contributed by atoms with Gasteiger partial charge in [0.15, 0.2) is 28.8 Å². The molecule has 0 N–H and O–H groups in total. The van der Waals surface area contributed by atoms with Gasteiger partial charge in [-0.2, -0.15) is 47.0 Å². The maximum absolute atomic E-state index is 14.7. The lowest BCUT2D eigenvalue weighted by Gasteiger charge is -2.30. The van der Waals surface area contributed by atoms with Crippen LogP contribution in [0, 0.1) is 23.3 Å². The van der Waals surface area contributed by atoms with Crippen molar-refractivity contribution < 1.29 is 91.5 Å². The van der Waals surface area contributed by atoms with E-state index >= 15 is 0 Å². The summed E-state index contributed by atoms with van der Waals surface area (Å²) in [7, 11) is -10.4. The molecule has 0 saturated carbocycles. The molecule has 18 nitrogen and oxygen atoms in total. The topological polar surface area (TPSA) is 224 Å². The highest BCUT2D eigenvalue weighted by Crippen LogP contribution is 2.51. The third-order valence-corrected chi connectivity index (χ3v) is 18.3. The molecule has 0 bridgehead atoms. The first-order valence-corrected chi connectivity index (χ1v) is 29.2. The largest absolute Gasteiger partial charge is 0.420 e. The minimum absolute atomic E-state index is 0.0656. The molecule has 3 aromatic rings. The maximum atomic E-state index is 14.7. The first kappa shape index (κ1) is 61.7. The number of rotatable bonds is 28. The molecule has 0 radical (unpaired) electrons. The summed E-state index contributed by atoms with van der Waals surface area (Å²) < 4.78 is 194. The average Bonchev–Trinajstić information content (AvgIpc) is 3.76. The van der Waals surface area contributed by atoms with Crippen LogP contribution in [-0.4, -0.2) is 125 Å². The second-order valence-corrected chi connectivity index (χ2v) is 24.7. The number of esters is 1. The van der Waals surface area contributed by atoms with Gasteiger partial charge < -0.3 is 19.1 Å². The zero-order chi connectivity index (χ0) is 56.4. The molecule has 0 amide bonds. The molecule has 0 fully saturated rings. The molecular weight excluding hydrogens is 1090 g/mol. The molecular formula is C50H61F4N2O16S4+. The van der Waals surface area contributed by atoms with Crippen LogP contribution in [0.25, 0.3) is 0 Å². The second kappa shape index (κ2) is 25.5. The highest BCUT2D eigenvalue weighted by atomic mass is 32.2. The number of ether oxygens (including phenoxy) is 3. The van der Waals surface area contributed by atoms with E-state index in [0.717, 1.165) is 32.7 Å². The van der Waals surface area contributed by atoms with Gasteiger partial charge in [0.2, 0.25) is 23.1 Å². The number of carbonyl (C=O) groups excluding carboxylic acids is 1. The number of allylic oxidation sites excluding steroid dienone is 8. The van der Waals surface area contributed by atoms with Crippen molar-refractivity contribution in [3.8, 4) is 5.75 Å². The van der Waals surface area contributed by atoms with Gasteiger partial charge in [-0.05, 0) is 87.9 Å². The lowest BCUT2D eigenvalue weighted by molar-refractivity contribution is -0.441. The van der Waals surface area contributed by atoms with Crippen LogP contribution in [-0.2, 0) is 82.3 Å². The van der Waals surface area contributed by atoms with E-state index in [9.17, 15) is 56.0 Å². The van der Waals surface area contributed by atoms with Crippen molar-refractivity contribution in [2.24, 2.45) is 0 Å². The SMILES string of the molecule is COCC[N+]1=C(C=CC=CC=CC=C2N(CCCCCC(=O)Oc3c(F)c(F)c(S(=O)(=O)OC)c(F)c3F)c3ccc(S(=O)(=O)OC)cc3C2(C)CCOC)C(C)(CCCS(=O)(=O)OC)c2cc(S(=O)(=O)OC)ccc21. The first-order chi connectivity index (χ1) is 35.7. The average molecular weight is 1150 g/mol. The Morgan fingerprint density at radius 2 is 1.21 bits per heavy atom. The number of methoxy groups -OCH3 is 2. The summed E-state index contributed by atoms with van der Waals surface area (Å²) in [5, 5.41) is 0. The minimum atomic E-state index is -5.22. The minimum Gasteiger partial charge on any atom is -0.420 e. The van der Waals surface area contributed by atoms with E-state index in [2.05, 4.69) is 13.1 Å². The predicted molar refractivity (Wildman–Crippen MR) is 272 cm³/mol. The van der Waals surface area contributed by atoms with Crippen molar-refractivity contribution >= 4 is 63.5 Å². The summed E-state index contributed by atoms with van der Waals surface area (Å²) in [5.41, 5.74) is 2.44. The quantitative estimate of drug-likeness (QED) is 0.0100. The van der Waals surface area contributed by atoms with Crippen molar-refractivity contribution in [1.29, 1.82) is 0 Å². The third kappa shape index (κ3) is 13.4. The van der Waals surface area contributed by atoms with Crippen molar-refractivity contribution in [2.75, 3.05) is 79.6 Å². The summed E-state index contributed by atoms with van der Waals surface area (Å²) in [6.45, 7) is 5.11. The Balaban J connectivity index is 1.43. The Hall–Kier alpha value is -5.16. The van der Waals surface area contributed by atoms with Crippen molar-refractivity contribution in [3.05, 3.63) is 119 Å². The Kier molecular flexibility index (Phi) is 20.7. The smallest absolute Gasteiger partial charge is 0.311 e. The van der Waals surface area contributed by atoms with Gasteiger partial charge in [0.05, 0.1) is 49.4 Å². The van der Waals surface area contributed by atoms with Crippen LogP contribution in [0.1, 0.15) is 69.9 Å². The van der Waals surface area contributed by atoms with E-state index in [1.54, 1.807) is 55.7 Å². The van der Waals surface area contributed by atoms with Crippen LogP contribution in [0.5, 0.6) is 5.75 Å². The fourth-order valence-electron chi connectivity index (χ4n) is 9.10. The number of anilines is 1. The Bertz CT molecular complexity index is 3260. The lowest BCUT2D eigenvalue weighted by Crippen LogP contribution is -2.32. The molecule has 2 aliphatic rings. The number of carbonyl (C=O) groups is 1. The molecule has 26 heteroatoms. The molecule has 76 heavy (non-hydrogen) atoms. The molecule has 0 aromatic heterocycles. The monoisotopic (exact) mass is 1150 g/mol. The fourth-order valence-corrected chi connectivity index (χ4v) is 11.9. The van der Waals surface area contributed by atoms with Crippen molar-refractivity contribution in [1.82, 2.24) is 0 Å². The van der Waals surface area contributed by atoms with Gasteiger partial charge in [-0.15, -0.1) is 0 Å². The third-order valence-electron chi connectivity index (χ3n) is 13.2. The molecule has 2 unspecified atom stereocenters. The Morgan fingerprint density at radius 3 is 1.80 bits per heavy atom. The van der Waals surface area contributed by atoms with Crippen molar-refractivity contribution in [3.63, 3.8) is 0 Å². The van der Waals surface area contributed by atoms with Crippen LogP contribution in [0.3, 0.4) is 0 Å². The number of fused-ring (bicyclic) bond motifs is 2. The van der Waals surface area contributed by atoms with Gasteiger partial charge >= 0.3 is 16.1 Å². The van der Waals surface area contributed by atoms with Crippen LogP contribution < -0.4 is 9.64 Å². The van der Waals surface area contributed by atoms with E-state index in [1.165, 1.54) is 25.3 Å². The van der Waals surface area contributed by atoms with Gasteiger partial charge in [0.25, 0.3) is 30.4 Å². The van der Waals surface area contributed by atoms with E-state index < -0.39 is 97.6 Å². The highest BCUT2D eigenvalue weighted by Gasteiger charge is 2.48. The van der Waals surface area contributed by atoms with Gasteiger partial charge in [0.1, 0.15) is 6.61 Å².